The molecule has 3 aliphatic rings. The van der Waals surface area contributed by atoms with E-state index >= 15 is 0 Å². The fourth-order valence-electron chi connectivity index (χ4n) is 4.33. The minimum absolute atomic E-state index is 0.342. The van der Waals surface area contributed by atoms with Crippen molar-refractivity contribution in [2.45, 2.75) is 56.8 Å². The van der Waals surface area contributed by atoms with Gasteiger partial charge in [0.05, 0.1) is 0 Å². The number of piperazine rings is 1. The minimum Gasteiger partial charge on any atom is -0.480 e. The van der Waals surface area contributed by atoms with Crippen LogP contribution in [-0.2, 0) is 4.79 Å². The van der Waals surface area contributed by atoms with Crippen LogP contribution in [0.5, 0.6) is 0 Å². The Morgan fingerprint density at radius 1 is 1.05 bits per heavy atom. The van der Waals surface area contributed by atoms with Crippen molar-refractivity contribution in [3.63, 3.8) is 0 Å². The molecule has 0 aromatic rings. The molecule has 1 N–H and O–H groups in total. The zero-order valence-corrected chi connectivity index (χ0v) is 12.7. The number of hydrogen-bond acceptors (Lipinski definition) is 4. The maximum atomic E-state index is 11.1. The molecule has 5 heteroatoms. The molecule has 20 heavy (non-hydrogen) atoms. The molecule has 3 heterocycles. The first kappa shape index (κ1) is 14.3. The lowest BCUT2D eigenvalue weighted by Crippen LogP contribution is -2.57. The normalized spacial score (nSPS) is 38.0. The third-order valence-electron chi connectivity index (χ3n) is 5.84. The van der Waals surface area contributed by atoms with Crippen molar-refractivity contribution < 1.29 is 9.90 Å². The van der Waals surface area contributed by atoms with E-state index in [-0.39, 0.29) is 6.04 Å². The number of fused-ring (bicyclic) bond motifs is 2. The van der Waals surface area contributed by atoms with E-state index in [1.54, 1.807) is 6.92 Å². The number of carbonyl (C=O) groups is 1. The van der Waals surface area contributed by atoms with Gasteiger partial charge in [-0.2, -0.15) is 0 Å². The van der Waals surface area contributed by atoms with E-state index in [0.29, 0.717) is 0 Å². The van der Waals surface area contributed by atoms with Gasteiger partial charge in [-0.1, -0.05) is 0 Å². The first-order valence-electron chi connectivity index (χ1n) is 7.99. The van der Waals surface area contributed by atoms with Crippen molar-refractivity contribution >= 4 is 5.97 Å². The average molecular weight is 281 g/mol. The van der Waals surface area contributed by atoms with Gasteiger partial charge in [-0.25, -0.2) is 0 Å². The Hall–Kier alpha value is -0.650. The van der Waals surface area contributed by atoms with Crippen LogP contribution >= 0.6 is 0 Å². The molecular weight excluding hydrogens is 254 g/mol. The third kappa shape index (κ3) is 2.59. The van der Waals surface area contributed by atoms with E-state index in [4.69, 9.17) is 5.11 Å². The monoisotopic (exact) mass is 281 g/mol. The van der Waals surface area contributed by atoms with Gasteiger partial charge in [-0.05, 0) is 39.7 Å². The van der Waals surface area contributed by atoms with Crippen LogP contribution in [0.3, 0.4) is 0 Å². The molecule has 0 radical (unpaired) electrons. The van der Waals surface area contributed by atoms with E-state index in [0.717, 1.165) is 44.3 Å². The van der Waals surface area contributed by atoms with Crippen molar-refractivity contribution in [1.82, 2.24) is 14.7 Å². The molecule has 2 bridgehead atoms. The maximum absolute atomic E-state index is 11.1. The second-order valence-corrected chi connectivity index (χ2v) is 6.76. The second kappa shape index (κ2) is 5.62. The predicted octanol–water partition coefficient (Wildman–Crippen LogP) is 0.702. The fraction of sp³-hybridized carbons (Fsp3) is 0.933. The quantitative estimate of drug-likeness (QED) is 0.825. The molecule has 5 nitrogen and oxygen atoms in total. The van der Waals surface area contributed by atoms with E-state index in [2.05, 4.69) is 21.7 Å². The standard InChI is InChI=1S/C15H27N3O2/c1-11(15(19)20)17-5-7-18(8-6-17)14-9-12-3-4-13(10-14)16(12)2/h11-14H,3-10H2,1-2H3,(H,19,20). The predicted molar refractivity (Wildman–Crippen MR) is 77.8 cm³/mol. The number of nitrogens with zero attached hydrogens (tertiary/aromatic N) is 3. The van der Waals surface area contributed by atoms with Crippen LogP contribution in [0.1, 0.15) is 32.6 Å². The number of carboxylic acids is 1. The lowest BCUT2D eigenvalue weighted by molar-refractivity contribution is -0.143. The summed E-state index contributed by atoms with van der Waals surface area (Å²) in [7, 11) is 2.28. The molecule has 3 fully saturated rings. The molecule has 0 spiro atoms. The Kier molecular flexibility index (Phi) is 4.02. The summed E-state index contributed by atoms with van der Waals surface area (Å²) in [6, 6.07) is 1.96. The Morgan fingerprint density at radius 2 is 1.60 bits per heavy atom. The number of rotatable bonds is 3. The topological polar surface area (TPSA) is 47.0 Å². The van der Waals surface area contributed by atoms with Crippen molar-refractivity contribution in [2.24, 2.45) is 0 Å². The largest absolute Gasteiger partial charge is 0.480 e. The molecule has 3 saturated heterocycles. The summed E-state index contributed by atoms with van der Waals surface area (Å²) < 4.78 is 0. The van der Waals surface area contributed by atoms with Crippen LogP contribution in [0, 0.1) is 0 Å². The first-order chi connectivity index (χ1) is 9.56. The van der Waals surface area contributed by atoms with Crippen molar-refractivity contribution in [1.29, 1.82) is 0 Å². The zero-order valence-electron chi connectivity index (χ0n) is 12.7. The molecule has 0 aromatic carbocycles. The summed E-state index contributed by atoms with van der Waals surface area (Å²) in [6.07, 6.45) is 5.35. The number of aliphatic carboxylic acids is 1. The van der Waals surface area contributed by atoms with Gasteiger partial charge in [0.1, 0.15) is 6.04 Å². The summed E-state index contributed by atoms with van der Waals surface area (Å²) in [6.45, 7) is 5.66. The molecular formula is C15H27N3O2. The minimum atomic E-state index is -0.698. The van der Waals surface area contributed by atoms with E-state index in [1.165, 1.54) is 25.7 Å². The summed E-state index contributed by atoms with van der Waals surface area (Å²) in [5, 5.41) is 9.09. The van der Waals surface area contributed by atoms with Gasteiger partial charge in [0, 0.05) is 44.3 Å². The third-order valence-corrected chi connectivity index (χ3v) is 5.84. The van der Waals surface area contributed by atoms with Gasteiger partial charge in [0.2, 0.25) is 0 Å². The smallest absolute Gasteiger partial charge is 0.320 e. The number of piperidine rings is 1. The first-order valence-corrected chi connectivity index (χ1v) is 7.99. The maximum Gasteiger partial charge on any atom is 0.320 e. The fourth-order valence-corrected chi connectivity index (χ4v) is 4.33. The highest BCUT2D eigenvalue weighted by molar-refractivity contribution is 5.72. The van der Waals surface area contributed by atoms with E-state index in [9.17, 15) is 4.79 Å². The van der Waals surface area contributed by atoms with Crippen molar-refractivity contribution in [3.05, 3.63) is 0 Å². The van der Waals surface area contributed by atoms with E-state index in [1.807, 2.05) is 0 Å². The molecule has 0 aliphatic carbocycles. The average Bonchev–Trinajstić information content (AvgIpc) is 2.68. The summed E-state index contributed by atoms with van der Waals surface area (Å²) in [4.78, 5) is 18.3. The molecule has 3 atom stereocenters. The Bertz CT molecular complexity index is 354. The summed E-state index contributed by atoms with van der Waals surface area (Å²) >= 11 is 0. The summed E-state index contributed by atoms with van der Waals surface area (Å²) in [5.41, 5.74) is 0. The Labute approximate surface area is 121 Å². The van der Waals surface area contributed by atoms with Crippen molar-refractivity contribution in [3.8, 4) is 0 Å². The number of hydrogen-bond donors (Lipinski definition) is 1. The van der Waals surface area contributed by atoms with Crippen LogP contribution in [0.2, 0.25) is 0 Å². The SMILES string of the molecule is CC(C(=O)O)N1CCN(C2CC3CCC(C2)N3C)CC1. The molecule has 3 aliphatic heterocycles. The lowest BCUT2D eigenvalue weighted by atomic mass is 9.96. The second-order valence-electron chi connectivity index (χ2n) is 6.76. The van der Waals surface area contributed by atoms with Gasteiger partial charge < -0.3 is 10.0 Å². The molecule has 114 valence electrons. The number of carboxylic acid groups (broad SMARTS) is 1. The van der Waals surface area contributed by atoms with Crippen LogP contribution in [0.15, 0.2) is 0 Å². The van der Waals surface area contributed by atoms with Gasteiger partial charge in [0.25, 0.3) is 0 Å². The van der Waals surface area contributed by atoms with Gasteiger partial charge in [-0.3, -0.25) is 14.6 Å². The molecule has 0 aromatic heterocycles. The van der Waals surface area contributed by atoms with Crippen molar-refractivity contribution in [2.75, 3.05) is 33.2 Å². The Balaban J connectivity index is 1.53. The highest BCUT2D eigenvalue weighted by Crippen LogP contribution is 2.36. The van der Waals surface area contributed by atoms with Crippen LogP contribution in [-0.4, -0.2) is 83.2 Å². The van der Waals surface area contributed by atoms with Gasteiger partial charge in [0.15, 0.2) is 0 Å². The van der Waals surface area contributed by atoms with E-state index < -0.39 is 5.97 Å². The summed E-state index contributed by atoms with van der Waals surface area (Å²) in [5.74, 6) is -0.698. The van der Waals surface area contributed by atoms with Gasteiger partial charge in [-0.15, -0.1) is 0 Å². The lowest BCUT2D eigenvalue weighted by Gasteiger charge is -2.45. The molecule has 0 amide bonds. The highest BCUT2D eigenvalue weighted by atomic mass is 16.4. The van der Waals surface area contributed by atoms with Crippen LogP contribution < -0.4 is 0 Å². The zero-order chi connectivity index (χ0) is 14.3. The van der Waals surface area contributed by atoms with Crippen LogP contribution in [0.4, 0.5) is 0 Å². The molecule has 3 rings (SSSR count). The van der Waals surface area contributed by atoms with Gasteiger partial charge >= 0.3 is 5.97 Å². The highest BCUT2D eigenvalue weighted by Gasteiger charge is 2.41. The Morgan fingerprint density at radius 3 is 2.10 bits per heavy atom. The van der Waals surface area contributed by atoms with Crippen LogP contribution in [0.25, 0.3) is 0 Å². The molecule has 3 unspecified atom stereocenters. The molecule has 0 saturated carbocycles.